The molecule has 1 fully saturated rings. The van der Waals surface area contributed by atoms with Gasteiger partial charge in [0.15, 0.2) is 0 Å². The number of carbonyl (C=O) groups excluding carboxylic acids is 2. The van der Waals surface area contributed by atoms with E-state index in [9.17, 15) is 9.59 Å². The summed E-state index contributed by atoms with van der Waals surface area (Å²) in [7, 11) is 0. The van der Waals surface area contributed by atoms with Crippen molar-refractivity contribution in [3.63, 3.8) is 0 Å². The molecular weight excluding hydrogens is 288 g/mol. The quantitative estimate of drug-likeness (QED) is 0.849. The number of nitrogens with one attached hydrogen (secondary N) is 1. The Labute approximate surface area is 137 Å². The largest absolute Gasteiger partial charge is 0.342 e. The molecular formula is C19H24N2O2. The second-order valence-corrected chi connectivity index (χ2v) is 6.48. The summed E-state index contributed by atoms with van der Waals surface area (Å²) in [5.41, 5.74) is 1.80. The SMILES string of the molecule is O=C(C[C@H]1C=CCC1)Nc1ccc(CC(=O)N2CCCC2)cc1. The number of benzene rings is 1. The predicted molar refractivity (Wildman–Crippen MR) is 91.1 cm³/mol. The van der Waals surface area contributed by atoms with E-state index in [2.05, 4.69) is 17.5 Å². The second kappa shape index (κ2) is 7.44. The molecule has 1 aromatic rings. The minimum absolute atomic E-state index is 0.0578. The summed E-state index contributed by atoms with van der Waals surface area (Å²) in [4.78, 5) is 26.1. The standard InChI is InChI=1S/C19H24N2O2/c22-18(13-15-5-1-2-6-15)20-17-9-7-16(8-10-17)14-19(23)21-11-3-4-12-21/h1,5,7-10,15H,2-4,6,11-14H2,(H,20,22)/t15-/m0/s1. The topological polar surface area (TPSA) is 49.4 Å². The molecule has 2 amide bonds. The van der Waals surface area contributed by atoms with Crippen LogP contribution in [0, 0.1) is 5.92 Å². The number of amides is 2. The van der Waals surface area contributed by atoms with Crippen LogP contribution in [0.15, 0.2) is 36.4 Å². The molecule has 0 radical (unpaired) electrons. The fourth-order valence-electron chi connectivity index (χ4n) is 3.27. The van der Waals surface area contributed by atoms with Crippen molar-refractivity contribution >= 4 is 17.5 Å². The molecule has 122 valence electrons. The van der Waals surface area contributed by atoms with Gasteiger partial charge in [-0.05, 0) is 49.3 Å². The maximum Gasteiger partial charge on any atom is 0.226 e. The van der Waals surface area contributed by atoms with Crippen LogP contribution in [0.1, 0.15) is 37.7 Å². The molecule has 1 aliphatic heterocycles. The number of rotatable bonds is 5. The third-order valence-electron chi connectivity index (χ3n) is 4.61. The molecule has 1 aromatic carbocycles. The molecule has 0 saturated carbocycles. The lowest BCUT2D eigenvalue weighted by atomic mass is 10.0. The summed E-state index contributed by atoms with van der Waals surface area (Å²) in [6, 6.07) is 7.63. The highest BCUT2D eigenvalue weighted by molar-refractivity contribution is 5.91. The average Bonchev–Trinajstić information content (AvgIpc) is 3.22. The van der Waals surface area contributed by atoms with Crippen molar-refractivity contribution in [2.45, 2.75) is 38.5 Å². The van der Waals surface area contributed by atoms with Gasteiger partial charge >= 0.3 is 0 Å². The fourth-order valence-corrected chi connectivity index (χ4v) is 3.27. The van der Waals surface area contributed by atoms with E-state index in [1.165, 1.54) is 0 Å². The van der Waals surface area contributed by atoms with Gasteiger partial charge in [0.25, 0.3) is 0 Å². The van der Waals surface area contributed by atoms with Crippen molar-refractivity contribution in [1.82, 2.24) is 4.90 Å². The average molecular weight is 312 g/mol. The minimum atomic E-state index is 0.0578. The molecule has 1 saturated heterocycles. The first-order valence-corrected chi connectivity index (χ1v) is 8.54. The van der Waals surface area contributed by atoms with Crippen LogP contribution >= 0.6 is 0 Å². The molecule has 1 aliphatic carbocycles. The van der Waals surface area contributed by atoms with Gasteiger partial charge in [0.1, 0.15) is 0 Å². The van der Waals surface area contributed by atoms with Crippen LogP contribution in [0.3, 0.4) is 0 Å². The molecule has 1 N–H and O–H groups in total. The maximum absolute atomic E-state index is 12.1. The summed E-state index contributed by atoms with van der Waals surface area (Å²) < 4.78 is 0. The van der Waals surface area contributed by atoms with Crippen LogP contribution in [-0.4, -0.2) is 29.8 Å². The highest BCUT2D eigenvalue weighted by atomic mass is 16.2. The number of hydrogen-bond donors (Lipinski definition) is 1. The molecule has 0 aromatic heterocycles. The highest BCUT2D eigenvalue weighted by Crippen LogP contribution is 2.21. The number of nitrogens with zero attached hydrogens (tertiary/aromatic N) is 1. The van der Waals surface area contributed by atoms with Gasteiger partial charge in [-0.3, -0.25) is 9.59 Å². The molecule has 0 unspecified atom stereocenters. The number of hydrogen-bond acceptors (Lipinski definition) is 2. The second-order valence-electron chi connectivity index (χ2n) is 6.48. The molecule has 2 aliphatic rings. The Bertz CT molecular complexity index is 586. The smallest absolute Gasteiger partial charge is 0.226 e. The van der Waals surface area contributed by atoms with Crippen LogP contribution in [0.5, 0.6) is 0 Å². The Balaban J connectivity index is 1.49. The van der Waals surface area contributed by atoms with Crippen LogP contribution in [0.4, 0.5) is 5.69 Å². The lowest BCUT2D eigenvalue weighted by Gasteiger charge is -2.15. The van der Waals surface area contributed by atoms with Gasteiger partial charge in [-0.1, -0.05) is 24.3 Å². The van der Waals surface area contributed by atoms with Gasteiger partial charge in [0, 0.05) is 25.2 Å². The Hall–Kier alpha value is -2.10. The molecule has 0 spiro atoms. The van der Waals surface area contributed by atoms with Crippen molar-refractivity contribution in [1.29, 1.82) is 0 Å². The van der Waals surface area contributed by atoms with Crippen molar-refractivity contribution in [2.24, 2.45) is 5.92 Å². The number of carbonyl (C=O) groups is 2. The summed E-state index contributed by atoms with van der Waals surface area (Å²) >= 11 is 0. The van der Waals surface area contributed by atoms with Gasteiger partial charge < -0.3 is 10.2 Å². The fraction of sp³-hybridized carbons (Fsp3) is 0.474. The van der Waals surface area contributed by atoms with Gasteiger partial charge in [0.2, 0.25) is 11.8 Å². The van der Waals surface area contributed by atoms with Crippen molar-refractivity contribution in [3.8, 4) is 0 Å². The number of anilines is 1. The molecule has 23 heavy (non-hydrogen) atoms. The van der Waals surface area contributed by atoms with E-state index in [0.717, 1.165) is 50.0 Å². The summed E-state index contributed by atoms with van der Waals surface area (Å²) in [6.07, 6.45) is 9.66. The van der Waals surface area contributed by atoms with Crippen molar-refractivity contribution in [3.05, 3.63) is 42.0 Å². The molecule has 0 bridgehead atoms. The zero-order chi connectivity index (χ0) is 16.1. The van der Waals surface area contributed by atoms with E-state index in [-0.39, 0.29) is 11.8 Å². The van der Waals surface area contributed by atoms with Crippen LogP contribution in [0.2, 0.25) is 0 Å². The van der Waals surface area contributed by atoms with Crippen LogP contribution < -0.4 is 5.32 Å². The summed E-state index contributed by atoms with van der Waals surface area (Å²) in [5.74, 6) is 0.641. The van der Waals surface area contributed by atoms with Crippen LogP contribution in [0.25, 0.3) is 0 Å². The van der Waals surface area contributed by atoms with Gasteiger partial charge in [-0.2, -0.15) is 0 Å². The van der Waals surface area contributed by atoms with Crippen molar-refractivity contribution < 1.29 is 9.59 Å². The molecule has 1 atom stereocenters. The van der Waals surface area contributed by atoms with E-state index >= 15 is 0 Å². The number of likely N-dealkylation sites (tertiary alicyclic amines) is 1. The molecule has 4 nitrogen and oxygen atoms in total. The summed E-state index contributed by atoms with van der Waals surface area (Å²) in [5, 5.41) is 2.94. The van der Waals surface area contributed by atoms with E-state index in [1.807, 2.05) is 29.2 Å². The molecule has 4 heteroatoms. The van der Waals surface area contributed by atoms with Crippen LogP contribution in [-0.2, 0) is 16.0 Å². The lowest BCUT2D eigenvalue weighted by molar-refractivity contribution is -0.129. The van der Waals surface area contributed by atoms with Gasteiger partial charge in [0.05, 0.1) is 6.42 Å². The third kappa shape index (κ3) is 4.44. The van der Waals surface area contributed by atoms with E-state index < -0.39 is 0 Å². The van der Waals surface area contributed by atoms with Gasteiger partial charge in [-0.15, -0.1) is 0 Å². The normalized spacial score (nSPS) is 20.0. The Morgan fingerprint density at radius 1 is 1.13 bits per heavy atom. The maximum atomic E-state index is 12.1. The zero-order valence-electron chi connectivity index (χ0n) is 13.5. The van der Waals surface area contributed by atoms with Crippen molar-refractivity contribution in [2.75, 3.05) is 18.4 Å². The van der Waals surface area contributed by atoms with E-state index in [1.54, 1.807) is 0 Å². The molecule has 3 rings (SSSR count). The first-order chi connectivity index (χ1) is 11.2. The summed E-state index contributed by atoms with van der Waals surface area (Å²) in [6.45, 7) is 1.78. The third-order valence-corrected chi connectivity index (χ3v) is 4.61. The Kier molecular flexibility index (Phi) is 5.11. The monoisotopic (exact) mass is 312 g/mol. The predicted octanol–water partition coefficient (Wildman–Crippen LogP) is 3.15. The molecule has 1 heterocycles. The minimum Gasteiger partial charge on any atom is -0.342 e. The Morgan fingerprint density at radius 2 is 1.87 bits per heavy atom. The van der Waals surface area contributed by atoms with E-state index in [0.29, 0.717) is 18.8 Å². The van der Waals surface area contributed by atoms with E-state index in [4.69, 9.17) is 0 Å². The zero-order valence-corrected chi connectivity index (χ0v) is 13.5. The Morgan fingerprint density at radius 3 is 2.52 bits per heavy atom. The lowest BCUT2D eigenvalue weighted by Crippen LogP contribution is -2.29. The highest BCUT2D eigenvalue weighted by Gasteiger charge is 2.18. The first-order valence-electron chi connectivity index (χ1n) is 8.54. The first kappa shape index (κ1) is 15.8. The number of allylic oxidation sites excluding steroid dienone is 2. The van der Waals surface area contributed by atoms with Gasteiger partial charge in [-0.25, -0.2) is 0 Å².